The zero-order valence-electron chi connectivity index (χ0n) is 17.3. The molecular formula is C21H24BrFN4O3. The number of esters is 1. The Labute approximate surface area is 182 Å². The number of carbonyl (C=O) groups excluding carboxylic acids is 1. The van der Waals surface area contributed by atoms with Crippen LogP contribution in [0.25, 0.3) is 11.0 Å². The number of imidazole rings is 1. The van der Waals surface area contributed by atoms with E-state index in [4.69, 9.17) is 15.2 Å². The number of anilines is 1. The summed E-state index contributed by atoms with van der Waals surface area (Å²) < 4.78 is 27.4. The molecule has 0 unspecified atom stereocenters. The van der Waals surface area contributed by atoms with E-state index in [1.54, 1.807) is 25.3 Å². The first kappa shape index (κ1) is 22.2. The van der Waals surface area contributed by atoms with Gasteiger partial charge < -0.3 is 19.8 Å². The van der Waals surface area contributed by atoms with Crippen molar-refractivity contribution in [2.75, 3.05) is 19.5 Å². The van der Waals surface area contributed by atoms with Crippen molar-refractivity contribution in [2.45, 2.75) is 39.3 Å². The Kier molecular flexibility index (Phi) is 6.42. The average molecular weight is 479 g/mol. The van der Waals surface area contributed by atoms with Crippen LogP contribution in [0.4, 0.5) is 10.2 Å². The highest BCUT2D eigenvalue weighted by Gasteiger charge is 2.20. The number of methoxy groups -OCH3 is 1. The minimum Gasteiger partial charge on any atom is -0.456 e. The van der Waals surface area contributed by atoms with E-state index in [2.05, 4.69) is 25.9 Å². The fraction of sp³-hybridized carbons (Fsp3) is 0.381. The molecule has 0 saturated carbocycles. The van der Waals surface area contributed by atoms with E-state index < -0.39 is 17.4 Å². The number of ether oxygens (including phenoxy) is 2. The summed E-state index contributed by atoms with van der Waals surface area (Å²) in [5, 5.41) is 0. The third-order valence-corrected chi connectivity index (χ3v) is 4.97. The van der Waals surface area contributed by atoms with Gasteiger partial charge in [-0.25, -0.2) is 19.2 Å². The molecular weight excluding hydrogens is 455 g/mol. The lowest BCUT2D eigenvalue weighted by atomic mass is 10.1. The van der Waals surface area contributed by atoms with Crippen LogP contribution in [0.15, 0.2) is 28.7 Å². The van der Waals surface area contributed by atoms with Crippen molar-refractivity contribution in [1.29, 1.82) is 0 Å². The third-order valence-electron chi connectivity index (χ3n) is 4.34. The summed E-state index contributed by atoms with van der Waals surface area (Å²) in [6.45, 7) is 6.35. The summed E-state index contributed by atoms with van der Waals surface area (Å²) in [5.74, 6) is -0.0932. The van der Waals surface area contributed by atoms with Crippen molar-refractivity contribution in [2.24, 2.45) is 0 Å². The van der Waals surface area contributed by atoms with E-state index in [9.17, 15) is 9.18 Å². The van der Waals surface area contributed by atoms with Gasteiger partial charge in [-0.2, -0.15) is 0 Å². The quantitative estimate of drug-likeness (QED) is 0.535. The predicted octanol–water partition coefficient (Wildman–Crippen LogP) is 4.11. The van der Waals surface area contributed by atoms with Crippen LogP contribution in [0.1, 0.15) is 42.6 Å². The Morgan fingerprint density at radius 3 is 2.67 bits per heavy atom. The fourth-order valence-corrected chi connectivity index (χ4v) is 3.29. The first-order valence-corrected chi connectivity index (χ1v) is 10.2. The Morgan fingerprint density at radius 1 is 1.27 bits per heavy atom. The van der Waals surface area contributed by atoms with E-state index in [-0.39, 0.29) is 17.9 Å². The van der Waals surface area contributed by atoms with E-state index in [1.165, 1.54) is 6.07 Å². The number of aromatic nitrogens is 3. The molecule has 0 spiro atoms. The number of nitrogens with zero attached hydrogens (tertiary/aromatic N) is 3. The lowest BCUT2D eigenvalue weighted by Gasteiger charge is -2.19. The number of benzene rings is 1. The maximum Gasteiger partial charge on any atom is 0.338 e. The van der Waals surface area contributed by atoms with Crippen molar-refractivity contribution in [3.63, 3.8) is 0 Å². The van der Waals surface area contributed by atoms with Gasteiger partial charge >= 0.3 is 5.97 Å². The normalized spacial score (nSPS) is 11.8. The van der Waals surface area contributed by atoms with Crippen LogP contribution in [-0.2, 0) is 22.4 Å². The monoisotopic (exact) mass is 478 g/mol. The summed E-state index contributed by atoms with van der Waals surface area (Å²) >= 11 is 3.18. The summed E-state index contributed by atoms with van der Waals surface area (Å²) in [4.78, 5) is 21.3. The molecule has 30 heavy (non-hydrogen) atoms. The highest BCUT2D eigenvalue weighted by molar-refractivity contribution is 9.10. The van der Waals surface area contributed by atoms with Crippen LogP contribution in [0.3, 0.4) is 0 Å². The van der Waals surface area contributed by atoms with Gasteiger partial charge in [0.2, 0.25) is 0 Å². The van der Waals surface area contributed by atoms with Gasteiger partial charge in [-0.15, -0.1) is 0 Å². The molecule has 1 aromatic carbocycles. The standard InChI is InChI=1S/C21H24BrFN4O3/c1-21(2,3)30-20(28)12-5-6-15-17(9-12)27(7-8-29-4)18(25-15)11-16-14(23)10-13(22)19(24)26-16/h5-6,9-10H,7-8,11H2,1-4H3,(H2,24,26). The molecule has 3 rings (SSSR count). The lowest BCUT2D eigenvalue weighted by Crippen LogP contribution is -2.23. The van der Waals surface area contributed by atoms with Gasteiger partial charge in [-0.1, -0.05) is 0 Å². The Bertz CT molecular complexity index is 1090. The number of hydrogen-bond acceptors (Lipinski definition) is 6. The number of pyridine rings is 1. The Balaban J connectivity index is 2.04. The van der Waals surface area contributed by atoms with Crippen LogP contribution in [0, 0.1) is 5.82 Å². The zero-order valence-corrected chi connectivity index (χ0v) is 18.9. The number of carbonyl (C=O) groups is 1. The number of halogens is 2. The molecule has 0 fully saturated rings. The topological polar surface area (TPSA) is 92.3 Å². The second-order valence-corrected chi connectivity index (χ2v) is 8.69. The first-order chi connectivity index (χ1) is 14.1. The molecule has 2 N–H and O–H groups in total. The number of hydrogen-bond donors (Lipinski definition) is 1. The maximum atomic E-state index is 14.4. The largest absolute Gasteiger partial charge is 0.456 e. The number of nitrogen functional groups attached to an aromatic ring is 1. The van der Waals surface area contributed by atoms with Crippen molar-refractivity contribution in [1.82, 2.24) is 14.5 Å². The van der Waals surface area contributed by atoms with Crippen molar-refractivity contribution in [3.8, 4) is 0 Å². The summed E-state index contributed by atoms with van der Waals surface area (Å²) in [6.07, 6.45) is 0.142. The predicted molar refractivity (Wildman–Crippen MR) is 116 cm³/mol. The molecule has 9 heteroatoms. The van der Waals surface area contributed by atoms with Gasteiger partial charge in [-0.05, 0) is 61.0 Å². The van der Waals surface area contributed by atoms with Crippen LogP contribution < -0.4 is 5.73 Å². The number of fused-ring (bicyclic) bond motifs is 1. The molecule has 2 aromatic heterocycles. The fourth-order valence-electron chi connectivity index (χ4n) is 3.00. The molecule has 0 saturated heterocycles. The molecule has 0 aliphatic carbocycles. The summed E-state index contributed by atoms with van der Waals surface area (Å²) in [7, 11) is 1.60. The Hall–Kier alpha value is -2.52. The molecule has 2 heterocycles. The highest BCUT2D eigenvalue weighted by Crippen LogP contribution is 2.25. The van der Waals surface area contributed by atoms with Gasteiger partial charge in [0.25, 0.3) is 0 Å². The van der Waals surface area contributed by atoms with Gasteiger partial charge in [0, 0.05) is 13.7 Å². The van der Waals surface area contributed by atoms with Gasteiger partial charge in [0.15, 0.2) is 0 Å². The van der Waals surface area contributed by atoms with Crippen LogP contribution in [-0.4, -0.2) is 39.8 Å². The highest BCUT2D eigenvalue weighted by atomic mass is 79.9. The van der Waals surface area contributed by atoms with Crippen molar-refractivity contribution < 1.29 is 18.7 Å². The molecule has 3 aromatic rings. The molecule has 0 radical (unpaired) electrons. The second kappa shape index (κ2) is 8.69. The molecule has 160 valence electrons. The third kappa shape index (κ3) is 4.96. The van der Waals surface area contributed by atoms with Gasteiger partial charge in [0.05, 0.1) is 39.8 Å². The summed E-state index contributed by atoms with van der Waals surface area (Å²) in [6, 6.07) is 6.45. The van der Waals surface area contributed by atoms with Crippen LogP contribution in [0.2, 0.25) is 0 Å². The van der Waals surface area contributed by atoms with Crippen molar-refractivity contribution in [3.05, 3.63) is 51.6 Å². The van der Waals surface area contributed by atoms with Crippen LogP contribution in [0.5, 0.6) is 0 Å². The lowest BCUT2D eigenvalue weighted by molar-refractivity contribution is 0.00696. The minimum absolute atomic E-state index is 0.142. The van der Waals surface area contributed by atoms with Gasteiger partial charge in [0.1, 0.15) is 23.1 Å². The smallest absolute Gasteiger partial charge is 0.338 e. The minimum atomic E-state index is -0.599. The SMILES string of the molecule is COCCn1c(Cc2nc(N)c(Br)cc2F)nc2ccc(C(=O)OC(C)(C)C)cc21. The number of nitrogens with two attached hydrogens (primary N) is 1. The van der Waals surface area contributed by atoms with Gasteiger partial charge in [-0.3, -0.25) is 0 Å². The van der Waals surface area contributed by atoms with E-state index >= 15 is 0 Å². The maximum absolute atomic E-state index is 14.4. The zero-order chi connectivity index (χ0) is 22.1. The molecule has 0 atom stereocenters. The van der Waals surface area contributed by atoms with E-state index in [1.807, 2.05) is 25.3 Å². The van der Waals surface area contributed by atoms with E-state index in [0.717, 1.165) is 5.52 Å². The number of rotatable bonds is 6. The van der Waals surface area contributed by atoms with E-state index in [0.29, 0.717) is 34.5 Å². The summed E-state index contributed by atoms with van der Waals surface area (Å²) in [5.41, 5.74) is 7.24. The van der Waals surface area contributed by atoms with Crippen molar-refractivity contribution >= 4 is 38.8 Å². The molecule has 0 bridgehead atoms. The molecule has 0 aliphatic rings. The molecule has 0 aliphatic heterocycles. The molecule has 0 amide bonds. The average Bonchev–Trinajstić information content (AvgIpc) is 2.99. The Morgan fingerprint density at radius 2 is 2.00 bits per heavy atom. The second-order valence-electron chi connectivity index (χ2n) is 7.84. The van der Waals surface area contributed by atoms with Crippen LogP contribution >= 0.6 is 15.9 Å². The molecule has 7 nitrogen and oxygen atoms in total. The first-order valence-electron chi connectivity index (χ1n) is 9.41.